The highest BCUT2D eigenvalue weighted by molar-refractivity contribution is 7.09. The van der Waals surface area contributed by atoms with Crippen LogP contribution in [0.3, 0.4) is 0 Å². The van der Waals surface area contributed by atoms with Gasteiger partial charge in [-0.2, -0.15) is 0 Å². The Morgan fingerprint density at radius 3 is 2.67 bits per heavy atom. The van der Waals surface area contributed by atoms with Gasteiger partial charge < -0.3 is 9.47 Å². The Kier molecular flexibility index (Phi) is 5.41. The summed E-state index contributed by atoms with van der Waals surface area (Å²) >= 11 is 7.85. The van der Waals surface area contributed by atoms with E-state index in [9.17, 15) is 0 Å². The monoisotopic (exact) mass is 327 g/mol. The van der Waals surface area contributed by atoms with Gasteiger partial charge in [0.1, 0.15) is 0 Å². The summed E-state index contributed by atoms with van der Waals surface area (Å²) in [7, 11) is 3.13. The van der Waals surface area contributed by atoms with Crippen molar-refractivity contribution < 1.29 is 9.47 Å². The summed E-state index contributed by atoms with van der Waals surface area (Å²) in [6, 6.07) is 3.59. The lowest BCUT2D eigenvalue weighted by Gasteiger charge is -2.18. The zero-order valence-corrected chi connectivity index (χ0v) is 13.7. The smallest absolute Gasteiger partial charge is 0.179 e. The van der Waals surface area contributed by atoms with E-state index in [2.05, 4.69) is 10.4 Å². The lowest BCUT2D eigenvalue weighted by molar-refractivity contribution is 0.354. The first-order valence-corrected chi connectivity index (χ1v) is 7.63. The van der Waals surface area contributed by atoms with Gasteiger partial charge in [-0.1, -0.05) is 11.6 Å². The predicted molar refractivity (Wildman–Crippen MR) is 85.2 cm³/mol. The van der Waals surface area contributed by atoms with Crippen LogP contribution < -0.4 is 20.7 Å². The summed E-state index contributed by atoms with van der Waals surface area (Å²) in [4.78, 5) is 4.46. The molecule has 114 valence electrons. The summed E-state index contributed by atoms with van der Waals surface area (Å²) < 4.78 is 10.6. The van der Waals surface area contributed by atoms with E-state index >= 15 is 0 Å². The van der Waals surface area contributed by atoms with E-state index < -0.39 is 0 Å². The highest BCUT2D eigenvalue weighted by atomic mass is 35.5. The summed E-state index contributed by atoms with van der Waals surface area (Å²) in [5.74, 6) is 6.78. The van der Waals surface area contributed by atoms with E-state index in [0.717, 1.165) is 16.3 Å². The zero-order valence-electron chi connectivity index (χ0n) is 12.1. The van der Waals surface area contributed by atoms with Crippen LogP contribution in [0, 0.1) is 6.92 Å². The van der Waals surface area contributed by atoms with Crippen LogP contribution in [0.4, 0.5) is 0 Å². The van der Waals surface area contributed by atoms with Crippen molar-refractivity contribution >= 4 is 22.9 Å². The van der Waals surface area contributed by atoms with Crippen LogP contribution in [0.15, 0.2) is 17.5 Å². The minimum atomic E-state index is -0.104. The third-order valence-electron chi connectivity index (χ3n) is 3.10. The molecule has 3 N–H and O–H groups in total. The van der Waals surface area contributed by atoms with Gasteiger partial charge in [-0.15, -0.1) is 11.3 Å². The van der Waals surface area contributed by atoms with E-state index in [1.54, 1.807) is 25.6 Å². The number of nitrogens with zero attached hydrogens (tertiary/aromatic N) is 1. The molecule has 0 spiro atoms. The Bertz CT molecular complexity index is 618. The molecule has 0 aliphatic carbocycles. The molecule has 0 aliphatic rings. The van der Waals surface area contributed by atoms with Crippen molar-refractivity contribution in [2.45, 2.75) is 19.4 Å². The van der Waals surface area contributed by atoms with Gasteiger partial charge in [-0.25, -0.2) is 4.98 Å². The summed E-state index contributed by atoms with van der Waals surface area (Å²) in [6.07, 6.45) is 0.681. The Hall–Kier alpha value is -1.34. The van der Waals surface area contributed by atoms with Crippen LogP contribution in [0.5, 0.6) is 11.5 Å². The number of aromatic nitrogens is 1. The van der Waals surface area contributed by atoms with E-state index in [4.69, 9.17) is 26.9 Å². The number of hydrazine groups is 1. The molecule has 0 fully saturated rings. The number of hydrogen-bond acceptors (Lipinski definition) is 6. The van der Waals surface area contributed by atoms with Gasteiger partial charge in [-0.05, 0) is 24.6 Å². The van der Waals surface area contributed by atoms with Gasteiger partial charge in [0.25, 0.3) is 0 Å². The quantitative estimate of drug-likeness (QED) is 0.630. The Morgan fingerprint density at radius 1 is 1.38 bits per heavy atom. The van der Waals surface area contributed by atoms with Crippen molar-refractivity contribution in [1.82, 2.24) is 10.4 Å². The Morgan fingerprint density at radius 2 is 2.14 bits per heavy atom. The highest BCUT2D eigenvalue weighted by Gasteiger charge is 2.18. The predicted octanol–water partition coefficient (Wildman–Crippen LogP) is 2.87. The molecule has 0 amide bonds. The second-order valence-corrected chi connectivity index (χ2v) is 5.89. The van der Waals surface area contributed by atoms with Crippen molar-refractivity contribution in [3.05, 3.63) is 38.8 Å². The van der Waals surface area contributed by atoms with Crippen LogP contribution in [-0.2, 0) is 6.42 Å². The second kappa shape index (κ2) is 7.09. The van der Waals surface area contributed by atoms with Gasteiger partial charge in [-0.3, -0.25) is 11.3 Å². The molecular weight excluding hydrogens is 310 g/mol. The molecule has 0 saturated carbocycles. The van der Waals surface area contributed by atoms with E-state index in [1.807, 2.05) is 24.4 Å². The van der Waals surface area contributed by atoms with Gasteiger partial charge in [0.05, 0.1) is 30.3 Å². The minimum absolute atomic E-state index is 0.104. The molecule has 1 unspecified atom stereocenters. The third kappa shape index (κ3) is 3.65. The molecule has 0 saturated heterocycles. The number of benzene rings is 1. The molecule has 0 bridgehead atoms. The number of thiazole rings is 1. The maximum absolute atomic E-state index is 6.23. The van der Waals surface area contributed by atoms with Crippen molar-refractivity contribution in [3.63, 3.8) is 0 Å². The van der Waals surface area contributed by atoms with Crippen molar-refractivity contribution in [3.8, 4) is 11.5 Å². The molecule has 1 aromatic carbocycles. The Balaban J connectivity index is 2.31. The Labute approximate surface area is 133 Å². The normalized spacial score (nSPS) is 12.2. The van der Waals surface area contributed by atoms with Crippen LogP contribution in [-0.4, -0.2) is 19.2 Å². The van der Waals surface area contributed by atoms with Crippen LogP contribution >= 0.6 is 22.9 Å². The van der Waals surface area contributed by atoms with E-state index in [-0.39, 0.29) is 6.04 Å². The van der Waals surface area contributed by atoms with Gasteiger partial charge in [0.15, 0.2) is 11.5 Å². The fraction of sp³-hybridized carbons (Fsp3) is 0.357. The molecule has 1 aromatic heterocycles. The molecular formula is C14H18ClN3O2S. The zero-order chi connectivity index (χ0) is 15.4. The summed E-state index contributed by atoms with van der Waals surface area (Å²) in [5.41, 5.74) is 4.74. The number of nitrogens with one attached hydrogen (secondary N) is 1. The number of aryl methyl sites for hydroxylation is 1. The fourth-order valence-electron chi connectivity index (χ4n) is 2.08. The van der Waals surface area contributed by atoms with Gasteiger partial charge >= 0.3 is 0 Å². The average Bonchev–Trinajstić information content (AvgIpc) is 2.89. The summed E-state index contributed by atoms with van der Waals surface area (Å²) in [6.45, 7) is 1.97. The number of methoxy groups -OCH3 is 2. The van der Waals surface area contributed by atoms with Gasteiger partial charge in [0.2, 0.25) is 0 Å². The first-order chi connectivity index (χ1) is 10.1. The summed E-state index contributed by atoms with van der Waals surface area (Å²) in [5, 5.41) is 3.52. The van der Waals surface area contributed by atoms with Crippen LogP contribution in [0.25, 0.3) is 0 Å². The highest BCUT2D eigenvalue weighted by Crippen LogP contribution is 2.38. The van der Waals surface area contributed by atoms with E-state index in [1.165, 1.54) is 0 Å². The molecule has 0 radical (unpaired) electrons. The molecule has 7 heteroatoms. The minimum Gasteiger partial charge on any atom is -0.493 e. The van der Waals surface area contributed by atoms with Crippen molar-refractivity contribution in [2.75, 3.05) is 14.2 Å². The van der Waals surface area contributed by atoms with E-state index in [0.29, 0.717) is 22.9 Å². The molecule has 5 nitrogen and oxygen atoms in total. The maximum atomic E-state index is 6.23. The van der Waals surface area contributed by atoms with Gasteiger partial charge in [0, 0.05) is 17.5 Å². The van der Waals surface area contributed by atoms with Crippen molar-refractivity contribution in [1.29, 1.82) is 0 Å². The van der Waals surface area contributed by atoms with Crippen LogP contribution in [0.2, 0.25) is 5.02 Å². The third-order valence-corrected chi connectivity index (χ3v) is 4.37. The maximum Gasteiger partial charge on any atom is 0.179 e. The fourth-order valence-corrected chi connectivity index (χ4v) is 3.20. The van der Waals surface area contributed by atoms with Crippen molar-refractivity contribution in [2.24, 2.45) is 5.84 Å². The molecule has 21 heavy (non-hydrogen) atoms. The lowest BCUT2D eigenvalue weighted by Crippen LogP contribution is -2.29. The number of ether oxygens (including phenoxy) is 2. The molecule has 1 heterocycles. The standard InChI is InChI=1S/C14H18ClN3O2S/c1-8-7-21-13(17-8)6-11(18-16)9-4-10(15)14(20-3)12(5-9)19-2/h4-5,7,11,18H,6,16H2,1-3H3. The average molecular weight is 328 g/mol. The molecule has 1 atom stereocenters. The topological polar surface area (TPSA) is 69.4 Å². The number of nitrogens with two attached hydrogens (primary N) is 1. The first kappa shape index (κ1) is 16.0. The molecule has 2 aromatic rings. The number of rotatable bonds is 6. The number of hydrogen-bond donors (Lipinski definition) is 2. The largest absolute Gasteiger partial charge is 0.493 e. The SMILES string of the molecule is COc1cc(C(Cc2nc(C)cs2)NN)cc(Cl)c1OC. The molecule has 2 rings (SSSR count). The number of halogens is 1. The molecule has 0 aliphatic heterocycles. The lowest BCUT2D eigenvalue weighted by atomic mass is 10.0. The second-order valence-electron chi connectivity index (χ2n) is 4.54. The first-order valence-electron chi connectivity index (χ1n) is 6.37. The van der Waals surface area contributed by atoms with Crippen LogP contribution in [0.1, 0.15) is 22.3 Å².